The molecule has 0 unspecified atom stereocenters. The predicted octanol–water partition coefficient (Wildman–Crippen LogP) is 1.18. The highest BCUT2D eigenvalue weighted by molar-refractivity contribution is 5.75. The van der Waals surface area contributed by atoms with Crippen LogP contribution < -0.4 is 0 Å². The third-order valence-corrected chi connectivity index (χ3v) is 1.55. The van der Waals surface area contributed by atoms with Gasteiger partial charge in [0.15, 0.2) is 0 Å². The Morgan fingerprint density at radius 1 is 1.50 bits per heavy atom. The van der Waals surface area contributed by atoms with E-state index >= 15 is 0 Å². The monoisotopic (exact) mass is 204 g/mol. The van der Waals surface area contributed by atoms with Crippen molar-refractivity contribution >= 4 is 5.97 Å². The molecule has 3 nitrogen and oxygen atoms in total. The van der Waals surface area contributed by atoms with Crippen LogP contribution in [-0.4, -0.2) is 25.6 Å². The quantitative estimate of drug-likeness (QED) is 0.392. The highest BCUT2D eigenvalue weighted by atomic mass is 19.3. The van der Waals surface area contributed by atoms with Crippen LogP contribution >= 0.6 is 0 Å². The van der Waals surface area contributed by atoms with E-state index in [0.717, 1.165) is 12.8 Å². The number of carbonyl (C=O) groups is 1. The summed E-state index contributed by atoms with van der Waals surface area (Å²) in [4.78, 5) is 10.9. The van der Waals surface area contributed by atoms with Crippen LogP contribution in [-0.2, 0) is 14.3 Å². The molecule has 0 aromatic heterocycles. The van der Waals surface area contributed by atoms with Crippen LogP contribution in [0.2, 0.25) is 0 Å². The number of ether oxygens (including phenoxy) is 2. The average molecular weight is 204 g/mol. The summed E-state index contributed by atoms with van der Waals surface area (Å²) in [5.74, 6) is 1.96. The molecule has 0 bridgehead atoms. The zero-order chi connectivity index (χ0) is 10.4. The van der Waals surface area contributed by atoms with E-state index in [0.29, 0.717) is 0 Å². The van der Waals surface area contributed by atoms with Crippen LogP contribution in [0.25, 0.3) is 0 Å². The van der Waals surface area contributed by atoms with Gasteiger partial charge in [-0.05, 0) is 18.8 Å². The van der Waals surface area contributed by atoms with Crippen LogP contribution in [0.15, 0.2) is 0 Å². The molecule has 0 radical (unpaired) electrons. The molecule has 0 aromatic rings. The van der Waals surface area contributed by atoms with Gasteiger partial charge in [-0.2, -0.15) is 0 Å². The molecule has 0 saturated heterocycles. The lowest BCUT2D eigenvalue weighted by molar-refractivity contribution is -0.138. The number of halogens is 2. The summed E-state index contributed by atoms with van der Waals surface area (Å²) >= 11 is 0. The van der Waals surface area contributed by atoms with Crippen molar-refractivity contribution in [3.8, 4) is 12.0 Å². The van der Waals surface area contributed by atoms with E-state index in [-0.39, 0.29) is 18.5 Å². The Morgan fingerprint density at radius 3 is 2.79 bits per heavy atom. The molecule has 0 amide bonds. The minimum atomic E-state index is -2.49. The number of hydrogen-bond donors (Lipinski definition) is 0. The normalized spacial score (nSPS) is 14.8. The van der Waals surface area contributed by atoms with Crippen molar-refractivity contribution in [1.29, 1.82) is 0 Å². The fourth-order valence-corrected chi connectivity index (χ4v) is 0.717. The number of esters is 1. The highest BCUT2D eigenvalue weighted by Crippen LogP contribution is 2.29. The Balaban J connectivity index is 1.99. The van der Waals surface area contributed by atoms with Gasteiger partial charge < -0.3 is 9.47 Å². The molecular weight excluding hydrogens is 194 g/mol. The lowest BCUT2D eigenvalue weighted by Gasteiger charge is -1.96. The standard InChI is InChI=1S/C9H10F2O3/c10-8(11)6-13-4-1-5-14-9(12)7-2-3-7/h7-8H,2-4,6H2. The second kappa shape index (κ2) is 5.55. The molecule has 0 heterocycles. The molecule has 1 fully saturated rings. The smallest absolute Gasteiger partial charge is 0.322 e. The lowest BCUT2D eigenvalue weighted by atomic mass is 10.4. The predicted molar refractivity (Wildman–Crippen MR) is 43.4 cm³/mol. The van der Waals surface area contributed by atoms with Crippen LogP contribution in [0.4, 0.5) is 8.78 Å². The Hall–Kier alpha value is -1.15. The molecule has 1 aliphatic carbocycles. The molecule has 1 aliphatic rings. The molecule has 78 valence electrons. The van der Waals surface area contributed by atoms with Gasteiger partial charge in [0, 0.05) is 0 Å². The Labute approximate surface area is 80.4 Å². The first kappa shape index (κ1) is 10.9. The third kappa shape index (κ3) is 4.77. The SMILES string of the molecule is O=C(OC#CCOCC(F)F)C1CC1. The topological polar surface area (TPSA) is 35.5 Å². The van der Waals surface area contributed by atoms with Crippen molar-refractivity contribution in [2.75, 3.05) is 13.2 Å². The summed E-state index contributed by atoms with van der Waals surface area (Å²) in [6, 6.07) is 0. The van der Waals surface area contributed by atoms with E-state index in [9.17, 15) is 13.6 Å². The maximum Gasteiger partial charge on any atom is 0.322 e. The molecule has 0 N–H and O–H groups in total. The summed E-state index contributed by atoms with van der Waals surface area (Å²) < 4.78 is 32.0. The van der Waals surface area contributed by atoms with Gasteiger partial charge in [0.05, 0.1) is 5.92 Å². The van der Waals surface area contributed by atoms with E-state index < -0.39 is 13.0 Å². The Morgan fingerprint density at radius 2 is 2.21 bits per heavy atom. The first-order chi connectivity index (χ1) is 6.70. The van der Waals surface area contributed by atoms with Crippen molar-refractivity contribution in [2.45, 2.75) is 19.3 Å². The molecule has 0 aliphatic heterocycles. The minimum Gasteiger partial charge on any atom is -0.372 e. The third-order valence-electron chi connectivity index (χ3n) is 1.55. The molecule has 1 rings (SSSR count). The van der Waals surface area contributed by atoms with Gasteiger partial charge in [0.2, 0.25) is 0 Å². The second-order valence-corrected chi connectivity index (χ2v) is 2.88. The molecule has 14 heavy (non-hydrogen) atoms. The van der Waals surface area contributed by atoms with Gasteiger partial charge in [0.25, 0.3) is 6.43 Å². The summed E-state index contributed by atoms with van der Waals surface area (Å²) in [6.07, 6.45) is 1.32. The molecule has 1 saturated carbocycles. The molecule has 0 aromatic carbocycles. The fraction of sp³-hybridized carbons (Fsp3) is 0.667. The molecule has 5 heteroatoms. The van der Waals surface area contributed by atoms with E-state index in [1.807, 2.05) is 0 Å². The van der Waals surface area contributed by atoms with E-state index in [1.54, 1.807) is 0 Å². The largest absolute Gasteiger partial charge is 0.372 e. The van der Waals surface area contributed by atoms with Crippen LogP contribution in [0.5, 0.6) is 0 Å². The number of alkyl halides is 2. The van der Waals surface area contributed by atoms with Gasteiger partial charge in [-0.1, -0.05) is 0 Å². The lowest BCUT2D eigenvalue weighted by Crippen LogP contribution is -2.05. The summed E-state index contributed by atoms with van der Waals surface area (Å²) in [5.41, 5.74) is 0. The van der Waals surface area contributed by atoms with Crippen molar-refractivity contribution < 1.29 is 23.0 Å². The summed E-state index contributed by atoms with van der Waals surface area (Å²) in [6.45, 7) is -0.798. The maximum atomic E-state index is 11.5. The van der Waals surface area contributed by atoms with Gasteiger partial charge in [0.1, 0.15) is 19.3 Å². The van der Waals surface area contributed by atoms with Gasteiger partial charge in [-0.25, -0.2) is 8.78 Å². The fourth-order valence-electron chi connectivity index (χ4n) is 0.717. The van der Waals surface area contributed by atoms with Gasteiger partial charge >= 0.3 is 5.97 Å². The van der Waals surface area contributed by atoms with Crippen LogP contribution in [0.3, 0.4) is 0 Å². The molecular formula is C9H10F2O3. The minimum absolute atomic E-state index is 0.00807. The van der Waals surface area contributed by atoms with Crippen molar-refractivity contribution in [2.24, 2.45) is 5.92 Å². The molecule has 0 spiro atoms. The molecule has 0 atom stereocenters. The van der Waals surface area contributed by atoms with Crippen LogP contribution in [0.1, 0.15) is 12.8 Å². The Kier molecular flexibility index (Phi) is 4.33. The average Bonchev–Trinajstić information content (AvgIpc) is 2.92. The van der Waals surface area contributed by atoms with Crippen molar-refractivity contribution in [1.82, 2.24) is 0 Å². The highest BCUT2D eigenvalue weighted by Gasteiger charge is 2.31. The number of hydrogen-bond acceptors (Lipinski definition) is 3. The summed E-state index contributed by atoms with van der Waals surface area (Å²) in [7, 11) is 0. The van der Waals surface area contributed by atoms with Crippen LogP contribution in [0, 0.1) is 17.9 Å². The van der Waals surface area contributed by atoms with Gasteiger partial charge in [-0.15, -0.1) is 0 Å². The maximum absolute atomic E-state index is 11.5. The number of carbonyl (C=O) groups excluding carboxylic acids is 1. The Bertz CT molecular complexity index is 251. The first-order valence-corrected chi connectivity index (χ1v) is 4.24. The summed E-state index contributed by atoms with van der Waals surface area (Å²) in [5, 5.41) is 0. The van der Waals surface area contributed by atoms with E-state index in [4.69, 9.17) is 0 Å². The number of rotatable bonds is 4. The zero-order valence-corrected chi connectivity index (χ0v) is 7.46. The zero-order valence-electron chi connectivity index (χ0n) is 7.46. The van der Waals surface area contributed by atoms with E-state index in [2.05, 4.69) is 21.5 Å². The van der Waals surface area contributed by atoms with Crippen molar-refractivity contribution in [3.63, 3.8) is 0 Å². The van der Waals surface area contributed by atoms with Gasteiger partial charge in [-0.3, -0.25) is 4.79 Å². The first-order valence-electron chi connectivity index (χ1n) is 4.24. The second-order valence-electron chi connectivity index (χ2n) is 2.88. The van der Waals surface area contributed by atoms with E-state index in [1.165, 1.54) is 0 Å². The van der Waals surface area contributed by atoms with Crippen molar-refractivity contribution in [3.05, 3.63) is 0 Å².